The van der Waals surface area contributed by atoms with Crippen LogP contribution in [0, 0.1) is 0 Å². The van der Waals surface area contributed by atoms with E-state index in [1.165, 1.54) is 18.4 Å². The normalized spacial score (nSPS) is 15.1. The van der Waals surface area contributed by atoms with Crippen LogP contribution in [-0.4, -0.2) is 31.4 Å². The molecule has 1 aromatic heterocycles. The largest absolute Gasteiger partial charge is 0.493 e. The Balaban J connectivity index is 1.81. The number of para-hydroxylation sites is 1. The van der Waals surface area contributed by atoms with Crippen LogP contribution in [0.4, 0.5) is 0 Å². The summed E-state index contributed by atoms with van der Waals surface area (Å²) < 4.78 is 18.9. The minimum absolute atomic E-state index is 0.168. The van der Waals surface area contributed by atoms with E-state index in [9.17, 15) is 9.59 Å². The van der Waals surface area contributed by atoms with Gasteiger partial charge in [0, 0.05) is 11.1 Å². The summed E-state index contributed by atoms with van der Waals surface area (Å²) in [4.78, 5) is 32.9. The predicted octanol–water partition coefficient (Wildman–Crippen LogP) is 4.62. The Kier molecular flexibility index (Phi) is 8.07. The monoisotopic (exact) mass is 552 g/mol. The topological polar surface area (TPSA) is 79.1 Å². The summed E-state index contributed by atoms with van der Waals surface area (Å²) in [5.41, 5.74) is 2.76. The first-order valence-corrected chi connectivity index (χ1v) is 13.6. The van der Waals surface area contributed by atoms with E-state index in [1.807, 2.05) is 78.9 Å². The van der Waals surface area contributed by atoms with Crippen molar-refractivity contribution in [1.29, 1.82) is 0 Å². The van der Waals surface area contributed by atoms with Crippen LogP contribution in [0.15, 0.2) is 100 Å². The van der Waals surface area contributed by atoms with Crippen molar-refractivity contribution in [2.75, 3.05) is 20.8 Å². The predicted molar refractivity (Wildman–Crippen MR) is 157 cm³/mol. The summed E-state index contributed by atoms with van der Waals surface area (Å²) >= 11 is 1.26. The van der Waals surface area contributed by atoms with Crippen LogP contribution < -0.4 is 24.4 Å². The number of hydrogen-bond donors (Lipinski definition) is 0. The van der Waals surface area contributed by atoms with Gasteiger partial charge < -0.3 is 14.2 Å². The van der Waals surface area contributed by atoms with Gasteiger partial charge in [-0.3, -0.25) is 9.36 Å². The molecule has 0 bridgehead atoms. The molecule has 0 radical (unpaired) electrons. The number of methoxy groups -OCH3 is 2. The number of allylic oxidation sites excluding steroid dienone is 1. The molecule has 1 aliphatic heterocycles. The number of thiazole rings is 1. The third-order valence-electron chi connectivity index (χ3n) is 6.44. The fourth-order valence-electron chi connectivity index (χ4n) is 4.69. The molecule has 2 heterocycles. The van der Waals surface area contributed by atoms with Crippen LogP contribution in [0.5, 0.6) is 11.5 Å². The van der Waals surface area contributed by atoms with Crippen LogP contribution in [0.1, 0.15) is 29.7 Å². The Morgan fingerprint density at radius 1 is 0.975 bits per heavy atom. The molecule has 8 heteroatoms. The maximum absolute atomic E-state index is 14.0. The molecular weight excluding hydrogens is 524 g/mol. The van der Waals surface area contributed by atoms with E-state index in [0.717, 1.165) is 11.1 Å². The smallest absolute Gasteiger partial charge is 0.338 e. The van der Waals surface area contributed by atoms with Crippen LogP contribution in [0.3, 0.4) is 0 Å². The summed E-state index contributed by atoms with van der Waals surface area (Å²) in [6, 6.07) is 23.8. The van der Waals surface area contributed by atoms with Gasteiger partial charge in [-0.25, -0.2) is 9.79 Å². The van der Waals surface area contributed by atoms with Crippen LogP contribution in [0.2, 0.25) is 0 Å². The zero-order valence-electron chi connectivity index (χ0n) is 22.4. The Bertz CT molecular complexity index is 1770. The molecular formula is C32H28N2O5S. The molecule has 1 aliphatic rings. The second-order valence-corrected chi connectivity index (χ2v) is 9.82. The molecule has 0 fully saturated rings. The summed E-state index contributed by atoms with van der Waals surface area (Å²) in [6.45, 7) is 1.91. The zero-order valence-corrected chi connectivity index (χ0v) is 23.2. The molecule has 3 aromatic carbocycles. The van der Waals surface area contributed by atoms with E-state index in [-0.39, 0.29) is 17.7 Å². The van der Waals surface area contributed by atoms with Crippen molar-refractivity contribution in [3.63, 3.8) is 0 Å². The first kappa shape index (κ1) is 26.9. The fourth-order valence-corrected chi connectivity index (χ4v) is 5.64. The lowest BCUT2D eigenvalue weighted by molar-refractivity contribution is -0.138. The average Bonchev–Trinajstić information content (AvgIpc) is 3.31. The van der Waals surface area contributed by atoms with E-state index in [0.29, 0.717) is 32.1 Å². The zero-order chi connectivity index (χ0) is 28.1. The van der Waals surface area contributed by atoms with Crippen molar-refractivity contribution in [2.24, 2.45) is 4.99 Å². The van der Waals surface area contributed by atoms with E-state index in [4.69, 9.17) is 19.2 Å². The number of benzene rings is 3. The lowest BCUT2D eigenvalue weighted by Gasteiger charge is -2.27. The summed E-state index contributed by atoms with van der Waals surface area (Å²) in [5.74, 6) is 0.345. The average molecular weight is 553 g/mol. The Morgan fingerprint density at radius 3 is 2.38 bits per heavy atom. The first-order chi connectivity index (χ1) is 19.6. The van der Waals surface area contributed by atoms with Gasteiger partial charge in [-0.1, -0.05) is 96.3 Å². The molecule has 0 saturated carbocycles. The second kappa shape index (κ2) is 12.0. The Labute approximate surface area is 235 Å². The van der Waals surface area contributed by atoms with E-state index in [2.05, 4.69) is 0 Å². The molecule has 40 heavy (non-hydrogen) atoms. The van der Waals surface area contributed by atoms with Gasteiger partial charge in [0.05, 0.1) is 36.6 Å². The lowest BCUT2D eigenvalue weighted by atomic mass is 9.92. The minimum Gasteiger partial charge on any atom is -0.493 e. The third-order valence-corrected chi connectivity index (χ3v) is 7.44. The minimum atomic E-state index is -0.865. The molecule has 0 N–H and O–H groups in total. The van der Waals surface area contributed by atoms with Crippen molar-refractivity contribution in [1.82, 2.24) is 4.57 Å². The number of carbonyl (C=O) groups is 1. The van der Waals surface area contributed by atoms with Crippen molar-refractivity contribution >= 4 is 35.2 Å². The van der Waals surface area contributed by atoms with Gasteiger partial charge in [0.2, 0.25) is 0 Å². The first-order valence-electron chi connectivity index (χ1n) is 12.8. The number of nitrogens with zero attached hydrogens (tertiary/aromatic N) is 2. The number of ether oxygens (including phenoxy) is 3. The van der Waals surface area contributed by atoms with E-state index in [1.54, 1.807) is 36.8 Å². The number of hydrogen-bond acceptors (Lipinski definition) is 7. The third kappa shape index (κ3) is 5.13. The molecule has 5 rings (SSSR count). The van der Waals surface area contributed by atoms with Crippen molar-refractivity contribution in [2.45, 2.75) is 13.0 Å². The molecule has 0 spiro atoms. The quantitative estimate of drug-likeness (QED) is 0.298. The molecule has 0 saturated heterocycles. The number of esters is 1. The van der Waals surface area contributed by atoms with E-state index < -0.39 is 12.0 Å². The summed E-state index contributed by atoms with van der Waals surface area (Å²) in [6.07, 6.45) is 5.54. The molecule has 4 aromatic rings. The maximum atomic E-state index is 14.0. The molecule has 0 aliphatic carbocycles. The van der Waals surface area contributed by atoms with Crippen molar-refractivity contribution < 1.29 is 19.0 Å². The number of aromatic nitrogens is 1. The molecule has 1 atom stereocenters. The molecule has 0 amide bonds. The number of rotatable bonds is 8. The SMILES string of the molecule is CCOC(=O)C1=C(c2ccccc2)N=c2sc(=CC=Cc3ccccc3)c(=O)n2C1c1cccc(OC)c1OC. The number of carbonyl (C=O) groups excluding carboxylic acids is 1. The van der Waals surface area contributed by atoms with Gasteiger partial charge in [0.15, 0.2) is 16.3 Å². The molecule has 1 unspecified atom stereocenters. The lowest BCUT2D eigenvalue weighted by Crippen LogP contribution is -2.40. The van der Waals surface area contributed by atoms with Crippen LogP contribution >= 0.6 is 11.3 Å². The van der Waals surface area contributed by atoms with E-state index >= 15 is 0 Å². The summed E-state index contributed by atoms with van der Waals surface area (Å²) in [5, 5.41) is 0. The standard InChI is InChI=1S/C32H28N2O5S/c1-4-39-31(36)26-27(22-16-9-6-10-17-22)33-32-34(28(26)23-18-12-19-24(37-2)29(23)38-3)30(35)25(40-32)20-11-15-21-13-7-5-8-14-21/h5-20,28H,4H2,1-3H3. The van der Waals surface area contributed by atoms with Gasteiger partial charge in [-0.05, 0) is 24.6 Å². The van der Waals surface area contributed by atoms with Gasteiger partial charge in [-0.15, -0.1) is 0 Å². The second-order valence-electron chi connectivity index (χ2n) is 8.81. The highest BCUT2D eigenvalue weighted by Gasteiger charge is 2.37. The Morgan fingerprint density at radius 2 is 1.70 bits per heavy atom. The van der Waals surface area contributed by atoms with Crippen molar-refractivity contribution in [3.05, 3.63) is 127 Å². The fraction of sp³-hybridized carbons (Fsp3) is 0.156. The number of fused-ring (bicyclic) bond motifs is 1. The molecule has 7 nitrogen and oxygen atoms in total. The highest BCUT2D eigenvalue weighted by molar-refractivity contribution is 7.07. The highest BCUT2D eigenvalue weighted by atomic mass is 32.1. The maximum Gasteiger partial charge on any atom is 0.338 e. The van der Waals surface area contributed by atoms with Gasteiger partial charge in [0.1, 0.15) is 6.04 Å². The van der Waals surface area contributed by atoms with Gasteiger partial charge >= 0.3 is 5.97 Å². The molecule has 202 valence electrons. The van der Waals surface area contributed by atoms with Gasteiger partial charge in [0.25, 0.3) is 5.56 Å². The highest BCUT2D eigenvalue weighted by Crippen LogP contribution is 2.42. The van der Waals surface area contributed by atoms with Crippen molar-refractivity contribution in [3.8, 4) is 11.5 Å². The van der Waals surface area contributed by atoms with Crippen LogP contribution in [0.25, 0.3) is 17.8 Å². The summed E-state index contributed by atoms with van der Waals surface area (Å²) in [7, 11) is 3.08. The van der Waals surface area contributed by atoms with Gasteiger partial charge in [-0.2, -0.15) is 0 Å². The van der Waals surface area contributed by atoms with Crippen LogP contribution in [-0.2, 0) is 9.53 Å². The Hall–Kier alpha value is -4.69.